The highest BCUT2D eigenvalue weighted by atomic mass is 35.5. The first-order valence-electron chi connectivity index (χ1n) is 9.36. The van der Waals surface area contributed by atoms with Crippen LogP contribution in [0.5, 0.6) is 0 Å². The van der Waals surface area contributed by atoms with E-state index in [2.05, 4.69) is 12.2 Å². The summed E-state index contributed by atoms with van der Waals surface area (Å²) in [4.78, 5) is 46.5. The van der Waals surface area contributed by atoms with Crippen molar-refractivity contribution >= 4 is 40.6 Å². The van der Waals surface area contributed by atoms with Gasteiger partial charge in [0, 0.05) is 28.8 Å². The number of benzene rings is 2. The Hall–Kier alpha value is -3.26. The monoisotopic (exact) mass is 432 g/mol. The summed E-state index contributed by atoms with van der Waals surface area (Å²) < 4.78 is 4.92. The fourth-order valence-electron chi connectivity index (χ4n) is 2.62. The van der Waals surface area contributed by atoms with Gasteiger partial charge in [0.25, 0.3) is 5.69 Å². The molecule has 0 aliphatic carbocycles. The number of unbranched alkanes of at least 4 members (excludes halogenated alkanes) is 2. The zero-order chi connectivity index (χ0) is 22.1. The molecular weight excluding hydrogens is 412 g/mol. The van der Waals surface area contributed by atoms with E-state index in [1.54, 1.807) is 12.1 Å². The third kappa shape index (κ3) is 6.66. The third-order valence-corrected chi connectivity index (χ3v) is 4.44. The second-order valence-corrected chi connectivity index (χ2v) is 6.94. The number of halogens is 1. The number of rotatable bonds is 10. The number of hydrogen-bond acceptors (Lipinski definition) is 6. The summed E-state index contributed by atoms with van der Waals surface area (Å²) in [7, 11) is 0. The lowest BCUT2D eigenvalue weighted by molar-refractivity contribution is -0.385. The lowest BCUT2D eigenvalue weighted by Gasteiger charge is -2.07. The van der Waals surface area contributed by atoms with Gasteiger partial charge in [-0.15, -0.1) is 0 Å². The summed E-state index contributed by atoms with van der Waals surface area (Å²) in [6.07, 6.45) is 3.26. The van der Waals surface area contributed by atoms with E-state index >= 15 is 0 Å². The molecule has 2 rings (SSSR count). The Bertz CT molecular complexity index is 943. The van der Waals surface area contributed by atoms with Gasteiger partial charge in [-0.2, -0.15) is 0 Å². The number of ether oxygens (including phenoxy) is 1. The van der Waals surface area contributed by atoms with E-state index < -0.39 is 29.0 Å². The highest BCUT2D eigenvalue weighted by molar-refractivity contribution is 6.31. The Morgan fingerprint density at radius 3 is 2.43 bits per heavy atom. The number of nitro benzene ring substituents is 1. The van der Waals surface area contributed by atoms with Crippen LogP contribution in [0.25, 0.3) is 0 Å². The van der Waals surface area contributed by atoms with Gasteiger partial charge < -0.3 is 10.1 Å². The molecule has 0 aliphatic heterocycles. The van der Waals surface area contributed by atoms with Crippen molar-refractivity contribution in [2.24, 2.45) is 0 Å². The normalized spacial score (nSPS) is 10.3. The van der Waals surface area contributed by atoms with E-state index in [9.17, 15) is 24.5 Å². The van der Waals surface area contributed by atoms with Crippen LogP contribution < -0.4 is 5.32 Å². The molecule has 9 heteroatoms. The molecule has 0 atom stereocenters. The van der Waals surface area contributed by atoms with E-state index in [0.29, 0.717) is 12.1 Å². The zero-order valence-corrected chi connectivity index (χ0v) is 17.1. The summed E-state index contributed by atoms with van der Waals surface area (Å²) in [5, 5.41) is 13.9. The van der Waals surface area contributed by atoms with Crippen molar-refractivity contribution in [1.82, 2.24) is 0 Å². The largest absolute Gasteiger partial charge is 0.454 e. The number of hydrogen-bond donors (Lipinski definition) is 1. The molecule has 2 aromatic rings. The average molecular weight is 433 g/mol. The minimum absolute atomic E-state index is 0.0963. The van der Waals surface area contributed by atoms with Gasteiger partial charge in [-0.25, -0.2) is 4.79 Å². The maximum atomic E-state index is 12.2. The van der Waals surface area contributed by atoms with Crippen molar-refractivity contribution in [1.29, 1.82) is 0 Å². The number of esters is 1. The number of carbonyl (C=O) groups is 3. The van der Waals surface area contributed by atoms with Gasteiger partial charge in [-0.3, -0.25) is 19.7 Å². The fraction of sp³-hybridized carbons (Fsp3) is 0.286. The van der Waals surface area contributed by atoms with Crippen molar-refractivity contribution < 1.29 is 24.0 Å². The molecule has 0 aromatic heterocycles. The van der Waals surface area contributed by atoms with Crippen LogP contribution in [0.15, 0.2) is 42.5 Å². The Labute approximate surface area is 178 Å². The van der Waals surface area contributed by atoms with Crippen molar-refractivity contribution in [2.45, 2.75) is 32.6 Å². The number of nitrogens with one attached hydrogen (secondary N) is 1. The second-order valence-electron chi connectivity index (χ2n) is 6.50. The highest BCUT2D eigenvalue weighted by Gasteiger charge is 2.22. The van der Waals surface area contributed by atoms with Gasteiger partial charge >= 0.3 is 5.97 Å². The Morgan fingerprint density at radius 2 is 1.80 bits per heavy atom. The first kappa shape index (κ1) is 23.0. The van der Waals surface area contributed by atoms with Crippen molar-refractivity contribution in [2.75, 3.05) is 11.9 Å². The molecule has 158 valence electrons. The van der Waals surface area contributed by atoms with E-state index in [-0.39, 0.29) is 22.1 Å². The minimum atomic E-state index is -0.998. The number of ketones is 1. The Morgan fingerprint density at radius 1 is 1.10 bits per heavy atom. The molecule has 8 nitrogen and oxygen atoms in total. The van der Waals surface area contributed by atoms with Gasteiger partial charge in [0.2, 0.25) is 5.91 Å². The minimum Gasteiger partial charge on any atom is -0.454 e. The van der Waals surface area contributed by atoms with Crippen LogP contribution in [-0.2, 0) is 9.53 Å². The third-order valence-electron chi connectivity index (χ3n) is 4.21. The van der Waals surface area contributed by atoms with Gasteiger partial charge in [0.05, 0.1) is 4.92 Å². The SMILES string of the molecule is CCCCCC(=O)Nc1ccc(C(=O)COC(=O)c2ccc(Cl)cc2[N+](=O)[O-])cc1. The molecule has 0 saturated carbocycles. The first-order chi connectivity index (χ1) is 14.3. The molecule has 0 saturated heterocycles. The maximum absolute atomic E-state index is 12.2. The molecule has 0 aliphatic rings. The summed E-state index contributed by atoms with van der Waals surface area (Å²) in [6.45, 7) is 1.48. The van der Waals surface area contributed by atoms with Gasteiger partial charge in [0.1, 0.15) is 5.56 Å². The molecule has 0 radical (unpaired) electrons. The number of nitro groups is 1. The smallest absolute Gasteiger partial charge is 0.345 e. The quantitative estimate of drug-likeness (QED) is 0.189. The predicted octanol–water partition coefficient (Wildman–Crippen LogP) is 4.81. The molecular formula is C21H21ClN2O6. The molecule has 1 amide bonds. The predicted molar refractivity (Wildman–Crippen MR) is 112 cm³/mol. The zero-order valence-electron chi connectivity index (χ0n) is 16.4. The summed E-state index contributed by atoms with van der Waals surface area (Å²) in [5.74, 6) is -1.58. The second kappa shape index (κ2) is 11.1. The molecule has 0 fully saturated rings. The molecule has 0 unspecified atom stereocenters. The molecule has 0 heterocycles. The topological polar surface area (TPSA) is 116 Å². The number of anilines is 1. The van der Waals surface area contributed by atoms with E-state index in [1.165, 1.54) is 24.3 Å². The van der Waals surface area contributed by atoms with Crippen molar-refractivity contribution in [3.8, 4) is 0 Å². The number of nitrogens with zero attached hydrogens (tertiary/aromatic N) is 1. The number of Topliss-reactive ketones (excluding diaryl/α,β-unsaturated/α-hetero) is 1. The molecule has 30 heavy (non-hydrogen) atoms. The van der Waals surface area contributed by atoms with E-state index in [0.717, 1.165) is 25.3 Å². The number of carbonyl (C=O) groups excluding carboxylic acids is 3. The molecule has 1 N–H and O–H groups in total. The molecule has 2 aromatic carbocycles. The number of amides is 1. The van der Waals surface area contributed by atoms with Crippen molar-refractivity contribution in [3.63, 3.8) is 0 Å². The summed E-state index contributed by atoms with van der Waals surface area (Å²) in [6, 6.07) is 9.70. The standard InChI is InChI=1S/C21H21ClN2O6/c1-2-3-4-5-20(26)23-16-9-6-14(7-10-16)19(25)13-30-21(27)17-11-8-15(22)12-18(17)24(28)29/h6-12H,2-5,13H2,1H3,(H,23,26). The van der Waals surface area contributed by atoms with E-state index in [1.807, 2.05) is 0 Å². The maximum Gasteiger partial charge on any atom is 0.345 e. The first-order valence-corrected chi connectivity index (χ1v) is 9.73. The molecule has 0 spiro atoms. The lowest BCUT2D eigenvalue weighted by atomic mass is 10.1. The van der Waals surface area contributed by atoms with Gasteiger partial charge in [-0.05, 0) is 42.8 Å². The Kier molecular flexibility index (Phi) is 8.49. The highest BCUT2D eigenvalue weighted by Crippen LogP contribution is 2.24. The van der Waals surface area contributed by atoms with Crippen LogP contribution in [0.4, 0.5) is 11.4 Å². The van der Waals surface area contributed by atoms with Crippen LogP contribution in [0.3, 0.4) is 0 Å². The summed E-state index contributed by atoms with van der Waals surface area (Å²) >= 11 is 5.71. The van der Waals surface area contributed by atoms with Crippen LogP contribution >= 0.6 is 11.6 Å². The van der Waals surface area contributed by atoms with Crippen LogP contribution in [0, 0.1) is 10.1 Å². The van der Waals surface area contributed by atoms with Crippen LogP contribution in [-0.4, -0.2) is 29.2 Å². The average Bonchev–Trinajstić information content (AvgIpc) is 2.72. The fourth-order valence-corrected chi connectivity index (χ4v) is 2.79. The van der Waals surface area contributed by atoms with E-state index in [4.69, 9.17) is 16.3 Å². The van der Waals surface area contributed by atoms with Gasteiger partial charge in [-0.1, -0.05) is 31.4 Å². The van der Waals surface area contributed by atoms with Crippen LogP contribution in [0.2, 0.25) is 5.02 Å². The Balaban J connectivity index is 1.93. The lowest BCUT2D eigenvalue weighted by Crippen LogP contribution is -2.15. The van der Waals surface area contributed by atoms with Gasteiger partial charge in [0.15, 0.2) is 12.4 Å². The molecule has 0 bridgehead atoms. The summed E-state index contributed by atoms with van der Waals surface area (Å²) in [5.41, 5.74) is 0.0385. The van der Waals surface area contributed by atoms with Crippen LogP contribution in [0.1, 0.15) is 53.3 Å². The van der Waals surface area contributed by atoms with Crippen molar-refractivity contribution in [3.05, 3.63) is 68.7 Å².